The van der Waals surface area contributed by atoms with E-state index in [0.717, 1.165) is 0 Å². The van der Waals surface area contributed by atoms with E-state index in [1.165, 1.54) is 0 Å². The summed E-state index contributed by atoms with van der Waals surface area (Å²) < 4.78 is -5.24. The molecule has 0 aromatic carbocycles. The summed E-state index contributed by atoms with van der Waals surface area (Å²) in [4.78, 5) is 0. The van der Waals surface area contributed by atoms with Crippen LogP contribution in [0.1, 0.15) is 0 Å². The van der Waals surface area contributed by atoms with Crippen molar-refractivity contribution in [2.45, 2.75) is 0 Å². The van der Waals surface area contributed by atoms with E-state index in [9.17, 15) is 0 Å². The van der Waals surface area contributed by atoms with Crippen LogP contribution in [0.2, 0.25) is 0 Å². The molecule has 0 nitrogen and oxygen atoms in total. The van der Waals surface area contributed by atoms with Crippen molar-refractivity contribution in [3.8, 4) is 0 Å². The van der Waals surface area contributed by atoms with Gasteiger partial charge in [0, 0.05) is 0 Å². The van der Waals surface area contributed by atoms with Crippen molar-refractivity contribution in [3.05, 3.63) is 0 Å². The first kappa shape index (κ1) is 10.1. The molecule has 0 aliphatic rings. The van der Waals surface area contributed by atoms with Crippen molar-refractivity contribution in [2.75, 3.05) is 0 Å². The molecule has 0 aliphatic heterocycles. The second kappa shape index (κ2) is 1.11. The standard InChI is InChI=1S/Fe.7S. The predicted molar refractivity (Wildman–Crippen MR) is 53.1 cm³/mol. The van der Waals surface area contributed by atoms with Gasteiger partial charge < -0.3 is 0 Å². The Balaban J connectivity index is 10.3. The molecule has 0 heterocycles. The number of hydrogen-bond donors (Lipinski definition) is 0. The van der Waals surface area contributed by atoms with E-state index in [-0.39, 0.29) is 0 Å². The van der Waals surface area contributed by atoms with Crippen molar-refractivity contribution in [1.29, 1.82) is 0 Å². The summed E-state index contributed by atoms with van der Waals surface area (Å²) in [6.07, 6.45) is 0. The molecule has 0 bridgehead atoms. The van der Waals surface area contributed by atoms with Crippen LogP contribution in [0.3, 0.4) is 0 Å². The Morgan fingerprint density at radius 1 is 0.500 bits per heavy atom. The summed E-state index contributed by atoms with van der Waals surface area (Å²) in [5.41, 5.74) is 0. The van der Waals surface area contributed by atoms with E-state index in [1.54, 1.807) is 0 Å². The van der Waals surface area contributed by atoms with Crippen LogP contribution >= 0.6 is 73.9 Å². The monoisotopic (exact) mass is 280 g/mol. The van der Waals surface area contributed by atoms with Crippen LogP contribution in [-0.4, -0.2) is 0 Å². The quantitative estimate of drug-likeness (QED) is 0.590. The summed E-state index contributed by atoms with van der Waals surface area (Å²) in [5, 5.41) is 0. The Hall–Kier alpha value is 2.06. The third kappa shape index (κ3) is 94.7. The van der Waals surface area contributed by atoms with E-state index in [0.29, 0.717) is 0 Å². The van der Waals surface area contributed by atoms with Crippen LogP contribution < -0.4 is 0 Å². The predicted octanol–water partition coefficient (Wildman–Crippen LogP) is 4.53. The molecule has 0 fully saturated rings. The molecule has 0 radical (unpaired) electrons. The fourth-order valence-electron chi connectivity index (χ4n) is 0. The van der Waals surface area contributed by atoms with Crippen molar-refractivity contribution >= 4 is 73.9 Å². The first-order valence-electron chi connectivity index (χ1n) is 1.01. The van der Waals surface area contributed by atoms with Gasteiger partial charge in [0.05, 0.1) is 0 Å². The molecule has 0 atom stereocenters. The van der Waals surface area contributed by atoms with Gasteiger partial charge in [-0.3, -0.25) is 0 Å². The molecule has 0 aromatic heterocycles. The van der Waals surface area contributed by atoms with Crippen LogP contribution in [0, 0.1) is 0 Å². The van der Waals surface area contributed by atoms with Crippen LogP contribution in [0.5, 0.6) is 0 Å². The van der Waals surface area contributed by atoms with Gasteiger partial charge in [0.1, 0.15) is 0 Å². The molecule has 0 rings (SSSR count). The molecule has 8 heavy (non-hydrogen) atoms. The van der Waals surface area contributed by atoms with Gasteiger partial charge in [-0.1, -0.05) is 0 Å². The SMILES string of the molecule is [S]=[Fe](=[S])(=[S])(=[S])(=[S])(=[S])=[S]. The second-order valence-corrected chi connectivity index (χ2v) is 45.9. The van der Waals surface area contributed by atoms with Gasteiger partial charge in [-0.05, 0) is 0 Å². The fourth-order valence-corrected chi connectivity index (χ4v) is 0. The average Bonchev–Trinajstić information content (AvgIpc) is 0.544. The van der Waals surface area contributed by atoms with Crippen molar-refractivity contribution in [2.24, 2.45) is 0 Å². The molecule has 0 amide bonds. The maximum atomic E-state index is 4.48. The third-order valence-electron chi connectivity index (χ3n) is 0. The van der Waals surface area contributed by atoms with Gasteiger partial charge in [-0.25, -0.2) is 0 Å². The van der Waals surface area contributed by atoms with E-state index in [4.69, 9.17) is 0 Å². The van der Waals surface area contributed by atoms with Crippen LogP contribution in [-0.2, 0) is -1.73 Å². The Morgan fingerprint density at radius 2 is 0.500 bits per heavy atom. The molecular formula is FeS7. The molecule has 0 aliphatic carbocycles. The molecule has 0 unspecified atom stereocenters. The maximum absolute atomic E-state index is 5.24. The summed E-state index contributed by atoms with van der Waals surface area (Å²) in [6.45, 7) is 0. The topological polar surface area (TPSA) is 0 Å². The van der Waals surface area contributed by atoms with Gasteiger partial charge in [-0.15, -0.1) is 0 Å². The summed E-state index contributed by atoms with van der Waals surface area (Å²) in [5.74, 6) is 0. The molecule has 0 saturated carbocycles. The molecule has 0 aromatic rings. The minimum absolute atomic E-state index is 4.48. The zero-order valence-electron chi connectivity index (χ0n) is 3.21. The van der Waals surface area contributed by atoms with Crippen molar-refractivity contribution in [1.82, 2.24) is 0 Å². The molecule has 0 spiro atoms. The van der Waals surface area contributed by atoms with E-state index in [1.807, 2.05) is 0 Å². The Labute approximate surface area is 70.9 Å². The number of rotatable bonds is 0. The third-order valence-corrected chi connectivity index (χ3v) is 0. The van der Waals surface area contributed by atoms with Crippen LogP contribution in [0.25, 0.3) is 0 Å². The first-order valence-corrected chi connectivity index (χ1v) is 12.5. The van der Waals surface area contributed by atoms with Gasteiger partial charge in [0.15, 0.2) is 0 Å². The minimum atomic E-state index is -5.24. The van der Waals surface area contributed by atoms with Crippen LogP contribution in [0.15, 0.2) is 0 Å². The van der Waals surface area contributed by atoms with Crippen LogP contribution in [0.4, 0.5) is 0 Å². The van der Waals surface area contributed by atoms with Crippen molar-refractivity contribution in [3.63, 3.8) is 0 Å². The Kier molecular flexibility index (Phi) is 1.39. The molecule has 8 heteroatoms. The molecule has 0 N–H and O–H groups in total. The Bertz CT molecular complexity index is 632. The molecule has 50 valence electrons. The summed E-state index contributed by atoms with van der Waals surface area (Å²) in [7, 11) is 31.3. The first-order chi connectivity index (χ1) is 2.65. The van der Waals surface area contributed by atoms with Gasteiger partial charge in [-0.2, -0.15) is 0 Å². The van der Waals surface area contributed by atoms with E-state index < -0.39 is -1.73 Å². The average molecular weight is 280 g/mol. The second-order valence-electron chi connectivity index (χ2n) is 1.24. The van der Waals surface area contributed by atoms with E-state index >= 15 is 0 Å². The Morgan fingerprint density at radius 3 is 0.500 bits per heavy atom. The van der Waals surface area contributed by atoms with Gasteiger partial charge in [0.2, 0.25) is 0 Å². The van der Waals surface area contributed by atoms with Gasteiger partial charge in [0.25, 0.3) is 0 Å². The van der Waals surface area contributed by atoms with Gasteiger partial charge >= 0.3 is 72.1 Å². The summed E-state index contributed by atoms with van der Waals surface area (Å²) in [6, 6.07) is 0. The molecule has 0 saturated heterocycles. The molecular weight excluding hydrogens is 280 g/mol. The fraction of sp³-hybridized carbons (Fsp3) is 0. The zero-order chi connectivity index (χ0) is 7.38. The summed E-state index contributed by atoms with van der Waals surface area (Å²) >= 11 is 0. The normalized spacial score (nSPS) is 20.1. The number of hydrogen-bond acceptors (Lipinski definition) is 7. The zero-order valence-corrected chi connectivity index (χ0v) is 10.0. The van der Waals surface area contributed by atoms with E-state index in [2.05, 4.69) is 73.9 Å². The van der Waals surface area contributed by atoms with Crippen molar-refractivity contribution < 1.29 is -1.73 Å².